The van der Waals surface area contributed by atoms with Crippen LogP contribution in [-0.4, -0.2) is 73.4 Å². The Balaban J connectivity index is 4.64. The summed E-state index contributed by atoms with van der Waals surface area (Å²) < 4.78 is 23.4. The normalized spacial score (nSPS) is 15.1. The van der Waals surface area contributed by atoms with Crippen LogP contribution in [0.3, 0.4) is 0 Å². The molecule has 48 heavy (non-hydrogen) atoms. The molecule has 0 aromatic heterocycles. The van der Waals surface area contributed by atoms with Gasteiger partial charge >= 0.3 is 7.82 Å². The Hall–Kier alpha value is -1.28. The van der Waals surface area contributed by atoms with Crippen molar-refractivity contribution in [3.63, 3.8) is 0 Å². The van der Waals surface area contributed by atoms with Crippen LogP contribution in [0.5, 0.6) is 0 Å². The lowest BCUT2D eigenvalue weighted by atomic mass is 10.0. The highest BCUT2D eigenvalue weighted by molar-refractivity contribution is 7.47. The minimum absolute atomic E-state index is 0.0519. The second kappa shape index (κ2) is 31.7. The third-order valence-corrected chi connectivity index (χ3v) is 9.35. The van der Waals surface area contributed by atoms with Gasteiger partial charge in [0.1, 0.15) is 13.2 Å². The Labute approximate surface area is 296 Å². The molecule has 9 heteroatoms. The number of phosphoric ester groups is 1. The summed E-state index contributed by atoms with van der Waals surface area (Å²) in [5.41, 5.74) is 0. The number of hydrogen-bond acceptors (Lipinski definition) is 5. The average molecular weight is 700 g/mol. The summed E-state index contributed by atoms with van der Waals surface area (Å²) in [7, 11) is 1.54. The molecule has 0 aromatic rings. The Morgan fingerprint density at radius 3 is 1.71 bits per heavy atom. The Kier molecular flexibility index (Phi) is 30.8. The molecule has 0 radical (unpaired) electrons. The van der Waals surface area contributed by atoms with Gasteiger partial charge in [0.2, 0.25) is 5.91 Å². The number of phosphoric acid groups is 1. The van der Waals surface area contributed by atoms with Crippen LogP contribution >= 0.6 is 7.82 Å². The summed E-state index contributed by atoms with van der Waals surface area (Å²) in [6.45, 7) is 4.73. The maximum Gasteiger partial charge on any atom is 0.472 e. The van der Waals surface area contributed by atoms with Crippen LogP contribution in [0.15, 0.2) is 36.5 Å². The van der Waals surface area contributed by atoms with E-state index in [2.05, 4.69) is 37.4 Å². The van der Waals surface area contributed by atoms with Gasteiger partial charge < -0.3 is 19.8 Å². The number of aliphatic hydroxyl groups is 1. The first-order valence-electron chi connectivity index (χ1n) is 19.4. The zero-order valence-corrected chi connectivity index (χ0v) is 32.6. The van der Waals surface area contributed by atoms with Crippen molar-refractivity contribution in [3.05, 3.63) is 36.5 Å². The lowest BCUT2D eigenvalue weighted by Gasteiger charge is -2.25. The number of nitrogens with one attached hydrogen (secondary N) is 1. The molecular formula is C39H76N2O6P+. The van der Waals surface area contributed by atoms with E-state index in [0.717, 1.165) is 32.1 Å². The summed E-state index contributed by atoms with van der Waals surface area (Å²) in [5, 5.41) is 13.7. The average Bonchev–Trinajstić information content (AvgIpc) is 3.02. The number of hydrogen-bond donors (Lipinski definition) is 3. The highest BCUT2D eigenvalue weighted by Gasteiger charge is 2.27. The smallest absolute Gasteiger partial charge is 0.387 e. The second-order valence-corrected chi connectivity index (χ2v) is 15.8. The molecule has 282 valence electrons. The maximum absolute atomic E-state index is 12.7. The number of aliphatic hydroxyl groups excluding tert-OH is 1. The first kappa shape index (κ1) is 46.7. The lowest BCUT2D eigenvalue weighted by molar-refractivity contribution is -0.870. The molecule has 8 nitrogen and oxygen atoms in total. The molecule has 0 spiro atoms. The van der Waals surface area contributed by atoms with E-state index in [1.807, 2.05) is 33.3 Å². The Bertz CT molecular complexity index is 886. The van der Waals surface area contributed by atoms with E-state index < -0.39 is 20.0 Å². The minimum atomic E-state index is -4.34. The predicted octanol–water partition coefficient (Wildman–Crippen LogP) is 9.96. The van der Waals surface area contributed by atoms with Gasteiger partial charge in [-0.1, -0.05) is 147 Å². The quantitative estimate of drug-likeness (QED) is 0.0267. The SMILES string of the molecule is CCCCCCCC/C=C\C/C=C\CCC(=O)NC(COP(=O)(O)OCC[N+](C)(C)C)C(O)/C=C/CCCCCCCCCCCCC. The van der Waals surface area contributed by atoms with Gasteiger partial charge in [-0.2, -0.15) is 0 Å². The van der Waals surface area contributed by atoms with E-state index in [1.54, 1.807) is 6.08 Å². The van der Waals surface area contributed by atoms with Crippen LogP contribution in [0.25, 0.3) is 0 Å². The van der Waals surface area contributed by atoms with Gasteiger partial charge in [0.05, 0.1) is 39.9 Å². The van der Waals surface area contributed by atoms with E-state index in [4.69, 9.17) is 9.05 Å². The zero-order chi connectivity index (χ0) is 35.8. The van der Waals surface area contributed by atoms with Gasteiger partial charge in [0, 0.05) is 6.42 Å². The molecule has 3 atom stereocenters. The molecule has 0 aromatic carbocycles. The summed E-state index contributed by atoms with van der Waals surface area (Å²) in [6.07, 6.45) is 36.5. The molecule has 0 saturated carbocycles. The highest BCUT2D eigenvalue weighted by atomic mass is 31.2. The van der Waals surface area contributed by atoms with E-state index >= 15 is 0 Å². The van der Waals surface area contributed by atoms with Gasteiger partial charge in [0.15, 0.2) is 0 Å². The summed E-state index contributed by atoms with van der Waals surface area (Å²) in [4.78, 5) is 22.9. The largest absolute Gasteiger partial charge is 0.472 e. The molecular weight excluding hydrogens is 623 g/mol. The van der Waals surface area contributed by atoms with Crippen LogP contribution in [0.1, 0.15) is 155 Å². The number of quaternary nitrogens is 1. The molecule has 3 N–H and O–H groups in total. The van der Waals surface area contributed by atoms with E-state index in [-0.39, 0.29) is 25.5 Å². The number of carbonyl (C=O) groups is 1. The number of unbranched alkanes of at least 4 members (excludes halogenated alkanes) is 17. The van der Waals surface area contributed by atoms with Gasteiger partial charge in [-0.25, -0.2) is 4.57 Å². The maximum atomic E-state index is 12.7. The molecule has 0 bridgehead atoms. The zero-order valence-electron chi connectivity index (χ0n) is 31.7. The third kappa shape index (κ3) is 33.2. The molecule has 0 aliphatic rings. The third-order valence-electron chi connectivity index (χ3n) is 8.37. The van der Waals surface area contributed by atoms with Crippen molar-refractivity contribution in [3.8, 4) is 0 Å². The fourth-order valence-electron chi connectivity index (χ4n) is 5.21. The standard InChI is InChI=1S/C39H75N2O6P/c1-6-8-10-12-14-16-18-20-22-24-26-28-30-32-38(42)37(36-47-48(44,45)46-35-34-41(3,4)5)40-39(43)33-31-29-27-25-23-21-19-17-15-13-11-9-7-2/h21,23,27,29-30,32,37-38,42H,6-20,22,24-26,28,31,33-36H2,1-5H3,(H-,40,43,44,45)/p+1/b23-21-,29-27-,32-30+. The molecule has 0 aliphatic carbocycles. The second-order valence-electron chi connectivity index (χ2n) is 14.3. The van der Waals surface area contributed by atoms with Crippen LogP contribution in [0, 0.1) is 0 Å². The summed E-state index contributed by atoms with van der Waals surface area (Å²) in [6, 6.07) is -0.873. The van der Waals surface area contributed by atoms with Crippen molar-refractivity contribution < 1.29 is 32.9 Å². The molecule has 0 heterocycles. The van der Waals surface area contributed by atoms with Crippen molar-refractivity contribution in [2.24, 2.45) is 0 Å². The molecule has 1 amide bonds. The van der Waals surface area contributed by atoms with E-state index in [1.165, 1.54) is 96.3 Å². The van der Waals surface area contributed by atoms with Crippen molar-refractivity contribution in [2.75, 3.05) is 40.9 Å². The number of allylic oxidation sites excluding steroid dienone is 5. The first-order valence-corrected chi connectivity index (χ1v) is 20.9. The van der Waals surface area contributed by atoms with Crippen LogP contribution in [0.4, 0.5) is 0 Å². The van der Waals surface area contributed by atoms with Crippen LogP contribution in [-0.2, 0) is 18.4 Å². The molecule has 0 rings (SSSR count). The monoisotopic (exact) mass is 700 g/mol. The van der Waals surface area contributed by atoms with Gasteiger partial charge in [-0.3, -0.25) is 13.8 Å². The van der Waals surface area contributed by atoms with E-state index in [0.29, 0.717) is 17.4 Å². The Morgan fingerprint density at radius 1 is 0.708 bits per heavy atom. The van der Waals surface area contributed by atoms with Crippen molar-refractivity contribution in [1.29, 1.82) is 0 Å². The van der Waals surface area contributed by atoms with Gasteiger partial charge in [-0.05, 0) is 38.5 Å². The molecule has 0 fully saturated rings. The number of carbonyl (C=O) groups excluding carboxylic acids is 1. The number of nitrogens with zero attached hydrogens (tertiary/aromatic N) is 1. The fourth-order valence-corrected chi connectivity index (χ4v) is 5.94. The van der Waals surface area contributed by atoms with Gasteiger partial charge in [-0.15, -0.1) is 0 Å². The fraction of sp³-hybridized carbons (Fsp3) is 0.821. The van der Waals surface area contributed by atoms with Crippen LogP contribution in [0.2, 0.25) is 0 Å². The number of rotatable bonds is 34. The van der Waals surface area contributed by atoms with Crippen molar-refractivity contribution in [1.82, 2.24) is 5.32 Å². The van der Waals surface area contributed by atoms with Gasteiger partial charge in [0.25, 0.3) is 0 Å². The molecule has 3 unspecified atom stereocenters. The van der Waals surface area contributed by atoms with Crippen molar-refractivity contribution in [2.45, 2.75) is 167 Å². The summed E-state index contributed by atoms with van der Waals surface area (Å²) >= 11 is 0. The highest BCUT2D eigenvalue weighted by Crippen LogP contribution is 2.43. The Morgan fingerprint density at radius 2 is 1.19 bits per heavy atom. The molecule has 0 saturated heterocycles. The number of likely N-dealkylation sites (N-methyl/N-ethyl adjacent to an activating group) is 1. The minimum Gasteiger partial charge on any atom is -0.387 e. The van der Waals surface area contributed by atoms with Crippen LogP contribution < -0.4 is 5.32 Å². The van der Waals surface area contributed by atoms with Crippen molar-refractivity contribution >= 4 is 13.7 Å². The summed E-state index contributed by atoms with van der Waals surface area (Å²) in [5.74, 6) is -0.247. The predicted molar refractivity (Wildman–Crippen MR) is 203 cm³/mol. The lowest BCUT2D eigenvalue weighted by Crippen LogP contribution is -2.45. The topological polar surface area (TPSA) is 105 Å². The van der Waals surface area contributed by atoms with E-state index in [9.17, 15) is 19.4 Å². The molecule has 0 aliphatic heterocycles. The number of amides is 1. The first-order chi connectivity index (χ1) is 23.0.